The van der Waals surface area contributed by atoms with Gasteiger partial charge >= 0.3 is 0 Å². The van der Waals surface area contributed by atoms with E-state index in [0.717, 1.165) is 80.5 Å². The SMILES string of the molecule is C=C(c1ccc(OC2CCCCO2)cc1)c1ccc(N2CCC(C=O)CC2)cc1. The Morgan fingerprint density at radius 2 is 1.62 bits per heavy atom. The predicted octanol–water partition coefficient (Wildman–Crippen LogP) is 5.07. The molecular weight excluding hydrogens is 362 g/mol. The molecule has 0 aliphatic carbocycles. The van der Waals surface area contributed by atoms with E-state index in [0.29, 0.717) is 0 Å². The van der Waals surface area contributed by atoms with Gasteiger partial charge in [0.05, 0.1) is 6.61 Å². The van der Waals surface area contributed by atoms with Crippen molar-refractivity contribution in [1.82, 2.24) is 0 Å². The molecule has 2 aliphatic heterocycles. The van der Waals surface area contributed by atoms with Crippen LogP contribution in [0.3, 0.4) is 0 Å². The van der Waals surface area contributed by atoms with Crippen LogP contribution in [0.25, 0.3) is 5.57 Å². The number of piperidine rings is 1. The van der Waals surface area contributed by atoms with Crippen molar-refractivity contribution < 1.29 is 14.3 Å². The number of nitrogens with zero attached hydrogens (tertiary/aromatic N) is 1. The Kier molecular flexibility index (Phi) is 6.30. The number of carbonyl (C=O) groups is 1. The molecule has 2 aliphatic rings. The molecule has 0 saturated carbocycles. The van der Waals surface area contributed by atoms with Gasteiger partial charge in [0, 0.05) is 31.1 Å². The fraction of sp³-hybridized carbons (Fsp3) is 0.400. The molecule has 0 N–H and O–H groups in total. The number of aldehydes is 1. The molecule has 2 aromatic rings. The van der Waals surface area contributed by atoms with Crippen LogP contribution in [0.4, 0.5) is 5.69 Å². The van der Waals surface area contributed by atoms with Crippen molar-refractivity contribution in [1.29, 1.82) is 0 Å². The molecule has 4 heteroatoms. The zero-order valence-electron chi connectivity index (χ0n) is 16.9. The van der Waals surface area contributed by atoms with Gasteiger partial charge in [-0.3, -0.25) is 0 Å². The van der Waals surface area contributed by atoms with Crippen LogP contribution in [-0.4, -0.2) is 32.3 Å². The first-order valence-electron chi connectivity index (χ1n) is 10.6. The normalized spacial score (nSPS) is 20.3. The molecule has 4 nitrogen and oxygen atoms in total. The first-order chi connectivity index (χ1) is 14.2. The maximum atomic E-state index is 10.9. The maximum absolute atomic E-state index is 10.9. The van der Waals surface area contributed by atoms with Gasteiger partial charge in [0.25, 0.3) is 0 Å². The Hall–Kier alpha value is -2.59. The number of hydrogen-bond acceptors (Lipinski definition) is 4. The summed E-state index contributed by atoms with van der Waals surface area (Å²) < 4.78 is 11.6. The average Bonchev–Trinajstić information content (AvgIpc) is 2.80. The van der Waals surface area contributed by atoms with Crippen LogP contribution in [0.5, 0.6) is 5.75 Å². The van der Waals surface area contributed by atoms with Crippen LogP contribution in [0.1, 0.15) is 43.2 Å². The number of carbonyl (C=O) groups excluding carboxylic acids is 1. The van der Waals surface area contributed by atoms with Gasteiger partial charge in [-0.1, -0.05) is 30.8 Å². The lowest BCUT2D eigenvalue weighted by molar-refractivity contribution is -0.111. The average molecular weight is 392 g/mol. The quantitative estimate of drug-likeness (QED) is 0.645. The molecule has 152 valence electrons. The third-order valence-electron chi connectivity index (χ3n) is 5.92. The zero-order chi connectivity index (χ0) is 20.1. The van der Waals surface area contributed by atoms with Gasteiger partial charge in [-0.15, -0.1) is 0 Å². The van der Waals surface area contributed by atoms with Gasteiger partial charge in [0.1, 0.15) is 12.0 Å². The molecule has 0 radical (unpaired) electrons. The molecule has 0 spiro atoms. The van der Waals surface area contributed by atoms with Crippen LogP contribution in [0.15, 0.2) is 55.1 Å². The minimum Gasteiger partial charge on any atom is -0.465 e. The topological polar surface area (TPSA) is 38.8 Å². The fourth-order valence-corrected chi connectivity index (χ4v) is 4.02. The molecule has 0 amide bonds. The first-order valence-corrected chi connectivity index (χ1v) is 10.6. The van der Waals surface area contributed by atoms with E-state index < -0.39 is 0 Å². The molecule has 0 bridgehead atoms. The standard InChI is InChI=1S/C25H29NO3/c1-19(22-7-11-24(12-8-22)29-25-4-2-3-17-28-25)21-5-9-23(10-6-21)26-15-13-20(18-27)14-16-26/h5-12,18,20,25H,1-4,13-17H2. The summed E-state index contributed by atoms with van der Waals surface area (Å²) in [6.45, 7) is 6.95. The Bertz CT molecular complexity index is 814. The summed E-state index contributed by atoms with van der Waals surface area (Å²) >= 11 is 0. The van der Waals surface area contributed by atoms with Crippen LogP contribution >= 0.6 is 0 Å². The highest BCUT2D eigenvalue weighted by Crippen LogP contribution is 2.28. The number of ether oxygens (including phenoxy) is 2. The Balaban J connectivity index is 1.37. The number of rotatable bonds is 6. The van der Waals surface area contributed by atoms with Gasteiger partial charge in [-0.2, -0.15) is 0 Å². The summed E-state index contributed by atoms with van der Waals surface area (Å²) in [6.07, 6.45) is 6.09. The highest BCUT2D eigenvalue weighted by atomic mass is 16.7. The summed E-state index contributed by atoms with van der Waals surface area (Å²) in [7, 11) is 0. The molecule has 2 fully saturated rings. The van der Waals surface area contributed by atoms with Gasteiger partial charge in [0.2, 0.25) is 0 Å². The fourth-order valence-electron chi connectivity index (χ4n) is 4.02. The lowest BCUT2D eigenvalue weighted by Crippen LogP contribution is -2.34. The van der Waals surface area contributed by atoms with Gasteiger partial charge in [-0.05, 0) is 66.6 Å². The minimum absolute atomic E-state index is 0.123. The highest BCUT2D eigenvalue weighted by molar-refractivity contribution is 5.79. The molecule has 2 saturated heterocycles. The monoisotopic (exact) mass is 391 g/mol. The van der Waals surface area contributed by atoms with E-state index in [1.807, 2.05) is 12.1 Å². The summed E-state index contributed by atoms with van der Waals surface area (Å²) in [4.78, 5) is 13.3. The molecule has 2 aromatic carbocycles. The van der Waals surface area contributed by atoms with E-state index in [-0.39, 0.29) is 12.2 Å². The van der Waals surface area contributed by atoms with Crippen molar-refractivity contribution in [2.24, 2.45) is 5.92 Å². The number of anilines is 1. The van der Waals surface area contributed by atoms with Crippen LogP contribution in [-0.2, 0) is 9.53 Å². The van der Waals surface area contributed by atoms with Crippen molar-refractivity contribution in [2.45, 2.75) is 38.4 Å². The predicted molar refractivity (Wildman–Crippen MR) is 116 cm³/mol. The second-order valence-electron chi connectivity index (χ2n) is 7.92. The van der Waals surface area contributed by atoms with Gasteiger partial charge < -0.3 is 19.2 Å². The molecule has 29 heavy (non-hydrogen) atoms. The van der Waals surface area contributed by atoms with Crippen molar-refractivity contribution in [3.8, 4) is 5.75 Å². The van der Waals surface area contributed by atoms with E-state index in [9.17, 15) is 4.79 Å². The Morgan fingerprint density at radius 3 is 2.21 bits per heavy atom. The third kappa shape index (κ3) is 4.88. The largest absolute Gasteiger partial charge is 0.465 e. The molecule has 1 unspecified atom stereocenters. The second-order valence-corrected chi connectivity index (χ2v) is 7.92. The summed E-state index contributed by atoms with van der Waals surface area (Å²) in [5.41, 5.74) is 4.40. The minimum atomic E-state index is -0.123. The first kappa shape index (κ1) is 19.7. The summed E-state index contributed by atoms with van der Waals surface area (Å²) in [5.74, 6) is 1.06. The molecule has 4 rings (SSSR count). The van der Waals surface area contributed by atoms with Crippen molar-refractivity contribution in [3.05, 3.63) is 66.2 Å². The van der Waals surface area contributed by atoms with E-state index in [4.69, 9.17) is 9.47 Å². The van der Waals surface area contributed by atoms with Gasteiger partial charge in [0.15, 0.2) is 6.29 Å². The maximum Gasteiger partial charge on any atom is 0.199 e. The van der Waals surface area contributed by atoms with E-state index in [1.54, 1.807) is 0 Å². The Morgan fingerprint density at radius 1 is 0.966 bits per heavy atom. The van der Waals surface area contributed by atoms with Gasteiger partial charge in [-0.25, -0.2) is 0 Å². The van der Waals surface area contributed by atoms with E-state index in [2.05, 4.69) is 47.9 Å². The number of hydrogen-bond donors (Lipinski definition) is 0. The zero-order valence-corrected chi connectivity index (χ0v) is 16.9. The third-order valence-corrected chi connectivity index (χ3v) is 5.92. The number of benzene rings is 2. The van der Waals surface area contributed by atoms with Crippen LogP contribution < -0.4 is 9.64 Å². The second kappa shape index (κ2) is 9.27. The van der Waals surface area contributed by atoms with Crippen LogP contribution in [0.2, 0.25) is 0 Å². The van der Waals surface area contributed by atoms with Crippen molar-refractivity contribution >= 4 is 17.5 Å². The summed E-state index contributed by atoms with van der Waals surface area (Å²) in [5, 5.41) is 0. The van der Waals surface area contributed by atoms with E-state index >= 15 is 0 Å². The molecular formula is C25H29NO3. The lowest BCUT2D eigenvalue weighted by Gasteiger charge is -2.31. The smallest absolute Gasteiger partial charge is 0.199 e. The lowest BCUT2D eigenvalue weighted by atomic mass is 9.97. The molecule has 1 atom stereocenters. The molecule has 0 aromatic heterocycles. The van der Waals surface area contributed by atoms with Crippen LogP contribution in [0, 0.1) is 5.92 Å². The van der Waals surface area contributed by atoms with Crippen molar-refractivity contribution in [3.63, 3.8) is 0 Å². The molecule has 2 heterocycles. The highest BCUT2D eigenvalue weighted by Gasteiger charge is 2.19. The van der Waals surface area contributed by atoms with E-state index in [1.165, 1.54) is 5.69 Å². The summed E-state index contributed by atoms with van der Waals surface area (Å²) in [6, 6.07) is 16.7. The van der Waals surface area contributed by atoms with Crippen molar-refractivity contribution in [2.75, 3.05) is 24.6 Å². The Labute approximate surface area is 173 Å².